The molecule has 1 amide bonds. The maximum Gasteiger partial charge on any atom is 0.338 e. The summed E-state index contributed by atoms with van der Waals surface area (Å²) in [4.78, 5) is 23.8. The summed E-state index contributed by atoms with van der Waals surface area (Å²) in [6, 6.07) is 10.2. The maximum atomic E-state index is 12.0. The van der Waals surface area contributed by atoms with Crippen molar-refractivity contribution >= 4 is 11.9 Å². The van der Waals surface area contributed by atoms with Crippen molar-refractivity contribution in [2.24, 2.45) is 0 Å². The Morgan fingerprint density at radius 1 is 1.21 bits per heavy atom. The molecule has 0 unspecified atom stereocenters. The van der Waals surface area contributed by atoms with Crippen LogP contribution in [0.2, 0.25) is 0 Å². The number of hydrogen-bond donors (Lipinski definition) is 1. The number of ether oxygens (including phenoxy) is 3. The highest BCUT2D eigenvalue weighted by atomic mass is 16.6. The third-order valence-corrected chi connectivity index (χ3v) is 4.75. The average Bonchev–Trinajstić information content (AvgIpc) is 2.60. The average molecular weight is 333 g/mol. The molecule has 1 aliphatic heterocycles. The SMILES string of the molecule is O=C(COC(=O)[C@@H]1COCCO1)NCC1(c2ccccc2)CCC1. The molecule has 1 heterocycles. The first-order valence-electron chi connectivity index (χ1n) is 8.38. The zero-order valence-electron chi connectivity index (χ0n) is 13.7. The van der Waals surface area contributed by atoms with E-state index in [9.17, 15) is 9.59 Å². The number of nitrogens with one attached hydrogen (secondary N) is 1. The van der Waals surface area contributed by atoms with Crippen LogP contribution in [0.4, 0.5) is 0 Å². The molecule has 1 aromatic rings. The van der Waals surface area contributed by atoms with Crippen LogP contribution < -0.4 is 5.32 Å². The van der Waals surface area contributed by atoms with E-state index in [1.165, 1.54) is 12.0 Å². The fraction of sp³-hybridized carbons (Fsp3) is 0.556. The van der Waals surface area contributed by atoms with E-state index in [-0.39, 0.29) is 24.5 Å². The van der Waals surface area contributed by atoms with E-state index in [4.69, 9.17) is 14.2 Å². The quantitative estimate of drug-likeness (QED) is 0.792. The number of carbonyl (C=O) groups excluding carboxylic acids is 2. The minimum Gasteiger partial charge on any atom is -0.454 e. The van der Waals surface area contributed by atoms with Gasteiger partial charge in [-0.05, 0) is 18.4 Å². The summed E-state index contributed by atoms with van der Waals surface area (Å²) < 4.78 is 15.4. The van der Waals surface area contributed by atoms with Crippen LogP contribution >= 0.6 is 0 Å². The summed E-state index contributed by atoms with van der Waals surface area (Å²) >= 11 is 0. The van der Waals surface area contributed by atoms with Crippen LogP contribution in [0.3, 0.4) is 0 Å². The Morgan fingerprint density at radius 2 is 2.00 bits per heavy atom. The van der Waals surface area contributed by atoms with E-state index in [2.05, 4.69) is 17.4 Å². The van der Waals surface area contributed by atoms with Crippen LogP contribution in [0.5, 0.6) is 0 Å². The Hall–Kier alpha value is -1.92. The molecule has 2 fully saturated rings. The third-order valence-electron chi connectivity index (χ3n) is 4.75. The van der Waals surface area contributed by atoms with Gasteiger partial charge in [0.1, 0.15) is 0 Å². The molecule has 1 N–H and O–H groups in total. The van der Waals surface area contributed by atoms with Gasteiger partial charge in [0.2, 0.25) is 0 Å². The van der Waals surface area contributed by atoms with Crippen LogP contribution in [-0.4, -0.2) is 51.0 Å². The molecule has 1 aromatic carbocycles. The van der Waals surface area contributed by atoms with Crippen LogP contribution in [0, 0.1) is 0 Å². The lowest BCUT2D eigenvalue weighted by molar-refractivity contribution is -0.172. The molecule has 6 nitrogen and oxygen atoms in total. The molecule has 0 aromatic heterocycles. The van der Waals surface area contributed by atoms with Gasteiger partial charge in [0, 0.05) is 12.0 Å². The number of amides is 1. The molecule has 1 saturated heterocycles. The molecule has 3 rings (SSSR count). The molecule has 2 aliphatic rings. The van der Waals surface area contributed by atoms with E-state index in [1.807, 2.05) is 18.2 Å². The molecule has 0 bridgehead atoms. The molecule has 1 saturated carbocycles. The smallest absolute Gasteiger partial charge is 0.338 e. The summed E-state index contributed by atoms with van der Waals surface area (Å²) in [6.07, 6.45) is 2.56. The summed E-state index contributed by atoms with van der Waals surface area (Å²) in [7, 11) is 0. The standard InChI is InChI=1S/C18H23NO5/c20-16(12-24-17(21)15-11-22-9-10-23-15)19-13-18(7-4-8-18)14-5-2-1-3-6-14/h1-3,5-6,15H,4,7-13H2,(H,19,20)/t15-/m0/s1. The predicted octanol–water partition coefficient (Wildman–Crippen LogP) is 1.18. The lowest BCUT2D eigenvalue weighted by atomic mass is 9.64. The minimum atomic E-state index is -0.728. The second-order valence-corrected chi connectivity index (χ2v) is 6.32. The second kappa shape index (κ2) is 7.77. The van der Waals surface area contributed by atoms with Crippen LogP contribution in [-0.2, 0) is 29.2 Å². The predicted molar refractivity (Wildman–Crippen MR) is 86.5 cm³/mol. The van der Waals surface area contributed by atoms with Crippen molar-refractivity contribution in [2.75, 3.05) is 33.0 Å². The lowest BCUT2D eigenvalue weighted by Crippen LogP contribution is -2.46. The summed E-state index contributed by atoms with van der Waals surface area (Å²) in [5.41, 5.74) is 1.27. The highest BCUT2D eigenvalue weighted by molar-refractivity contribution is 5.82. The summed E-state index contributed by atoms with van der Waals surface area (Å²) in [5, 5.41) is 2.89. The van der Waals surface area contributed by atoms with Gasteiger partial charge >= 0.3 is 5.97 Å². The lowest BCUT2D eigenvalue weighted by Gasteiger charge is -2.42. The van der Waals surface area contributed by atoms with Gasteiger partial charge in [0.25, 0.3) is 5.91 Å². The van der Waals surface area contributed by atoms with E-state index in [0.29, 0.717) is 19.8 Å². The highest BCUT2D eigenvalue weighted by Gasteiger charge is 2.38. The van der Waals surface area contributed by atoms with Crippen molar-refractivity contribution < 1.29 is 23.8 Å². The number of rotatable bonds is 6. The molecular weight excluding hydrogens is 310 g/mol. The normalized spacial score (nSPS) is 22.2. The van der Waals surface area contributed by atoms with Crippen molar-refractivity contribution in [2.45, 2.75) is 30.8 Å². The van der Waals surface area contributed by atoms with Gasteiger partial charge in [-0.25, -0.2) is 4.79 Å². The van der Waals surface area contributed by atoms with Crippen molar-refractivity contribution in [3.63, 3.8) is 0 Å². The first-order valence-corrected chi connectivity index (χ1v) is 8.38. The summed E-state index contributed by atoms with van der Waals surface area (Å²) in [6.45, 7) is 1.30. The molecule has 1 atom stereocenters. The van der Waals surface area contributed by atoms with Gasteiger partial charge in [-0.15, -0.1) is 0 Å². The number of benzene rings is 1. The highest BCUT2D eigenvalue weighted by Crippen LogP contribution is 2.43. The van der Waals surface area contributed by atoms with Gasteiger partial charge in [-0.3, -0.25) is 4.79 Å². The largest absolute Gasteiger partial charge is 0.454 e. The van der Waals surface area contributed by atoms with Crippen LogP contribution in [0.25, 0.3) is 0 Å². The maximum absolute atomic E-state index is 12.0. The van der Waals surface area contributed by atoms with E-state index >= 15 is 0 Å². The molecular formula is C18H23NO5. The van der Waals surface area contributed by atoms with Crippen LogP contribution in [0.15, 0.2) is 30.3 Å². The number of esters is 1. The van der Waals surface area contributed by atoms with Gasteiger partial charge in [0.15, 0.2) is 12.7 Å². The van der Waals surface area contributed by atoms with Crippen molar-refractivity contribution in [3.05, 3.63) is 35.9 Å². The summed E-state index contributed by atoms with van der Waals surface area (Å²) in [5.74, 6) is -0.839. The van der Waals surface area contributed by atoms with Gasteiger partial charge < -0.3 is 19.5 Å². The Labute approximate surface area is 141 Å². The van der Waals surface area contributed by atoms with Crippen molar-refractivity contribution in [1.29, 1.82) is 0 Å². The fourth-order valence-corrected chi connectivity index (χ4v) is 3.14. The van der Waals surface area contributed by atoms with E-state index < -0.39 is 12.1 Å². The fourth-order valence-electron chi connectivity index (χ4n) is 3.14. The Balaban J connectivity index is 1.44. The van der Waals surface area contributed by atoms with Gasteiger partial charge in [-0.1, -0.05) is 36.8 Å². The van der Waals surface area contributed by atoms with E-state index in [0.717, 1.165) is 12.8 Å². The Bertz CT molecular complexity index is 564. The zero-order valence-corrected chi connectivity index (χ0v) is 13.7. The first kappa shape index (κ1) is 16.9. The van der Waals surface area contributed by atoms with Crippen LogP contribution in [0.1, 0.15) is 24.8 Å². The van der Waals surface area contributed by atoms with Gasteiger partial charge in [0.05, 0.1) is 19.8 Å². The molecule has 6 heteroatoms. The van der Waals surface area contributed by atoms with Crippen molar-refractivity contribution in [1.82, 2.24) is 5.32 Å². The molecule has 0 radical (unpaired) electrons. The molecule has 1 aliphatic carbocycles. The van der Waals surface area contributed by atoms with E-state index in [1.54, 1.807) is 0 Å². The first-order chi connectivity index (χ1) is 11.7. The Kier molecular flexibility index (Phi) is 5.48. The molecule has 130 valence electrons. The third kappa shape index (κ3) is 3.94. The number of hydrogen-bond acceptors (Lipinski definition) is 5. The second-order valence-electron chi connectivity index (χ2n) is 6.32. The van der Waals surface area contributed by atoms with Crippen molar-refractivity contribution in [3.8, 4) is 0 Å². The zero-order chi connectivity index (χ0) is 16.8. The topological polar surface area (TPSA) is 73.9 Å². The number of carbonyl (C=O) groups is 2. The molecule has 24 heavy (non-hydrogen) atoms. The monoisotopic (exact) mass is 333 g/mol. The molecule has 0 spiro atoms. The minimum absolute atomic E-state index is 0.0151. The van der Waals surface area contributed by atoms with Gasteiger partial charge in [-0.2, -0.15) is 0 Å². The Morgan fingerprint density at radius 3 is 2.62 bits per heavy atom.